The molecule has 4 N–H and O–H groups in total. The van der Waals surface area contributed by atoms with E-state index in [2.05, 4.69) is 6.92 Å². The van der Waals surface area contributed by atoms with Crippen LogP contribution >= 0.6 is 11.6 Å². The Kier molecular flexibility index (Phi) is 4.63. The van der Waals surface area contributed by atoms with Crippen LogP contribution in [0.25, 0.3) is 0 Å². The first kappa shape index (κ1) is 15.2. The Labute approximate surface area is 125 Å². The minimum absolute atomic E-state index is 0.0386. The van der Waals surface area contributed by atoms with E-state index >= 15 is 0 Å². The van der Waals surface area contributed by atoms with E-state index < -0.39 is 5.82 Å². The van der Waals surface area contributed by atoms with Gasteiger partial charge in [-0.15, -0.1) is 0 Å². The number of hydrogen-bond donors (Lipinski definition) is 2. The molecule has 5 heteroatoms. The van der Waals surface area contributed by atoms with Crippen LogP contribution in [0.5, 0.6) is 0 Å². The third kappa shape index (κ3) is 2.80. The van der Waals surface area contributed by atoms with Crippen LogP contribution in [0, 0.1) is 11.7 Å². The number of hydrogen-bond acceptors (Lipinski definition) is 3. The normalized spacial score (nSPS) is 22.8. The van der Waals surface area contributed by atoms with Gasteiger partial charge >= 0.3 is 0 Å². The summed E-state index contributed by atoms with van der Waals surface area (Å²) in [5.74, 6) is 0.293. The van der Waals surface area contributed by atoms with E-state index in [0.717, 1.165) is 18.8 Å². The fourth-order valence-corrected chi connectivity index (χ4v) is 3.28. The molecule has 1 fully saturated rings. The fourth-order valence-electron chi connectivity index (χ4n) is 3.14. The van der Waals surface area contributed by atoms with Gasteiger partial charge in [0.2, 0.25) is 0 Å². The van der Waals surface area contributed by atoms with Gasteiger partial charge in [-0.05, 0) is 37.7 Å². The summed E-state index contributed by atoms with van der Waals surface area (Å²) in [7, 11) is 1.89. The zero-order valence-corrected chi connectivity index (χ0v) is 12.9. The molecule has 2 rings (SSSR count). The summed E-state index contributed by atoms with van der Waals surface area (Å²) < 4.78 is 14.3. The minimum atomic E-state index is -0.510. The van der Waals surface area contributed by atoms with E-state index in [1.807, 2.05) is 11.9 Å². The van der Waals surface area contributed by atoms with Gasteiger partial charge in [0.1, 0.15) is 5.02 Å². The van der Waals surface area contributed by atoms with Crippen molar-refractivity contribution in [3.63, 3.8) is 0 Å². The maximum atomic E-state index is 14.3. The third-order valence-electron chi connectivity index (χ3n) is 4.53. The minimum Gasteiger partial charge on any atom is -0.397 e. The summed E-state index contributed by atoms with van der Waals surface area (Å²) in [6.45, 7) is 2.23. The van der Waals surface area contributed by atoms with Gasteiger partial charge in [-0.3, -0.25) is 0 Å². The van der Waals surface area contributed by atoms with Gasteiger partial charge in [0.05, 0.1) is 17.1 Å². The maximum Gasteiger partial charge on any atom is 0.169 e. The van der Waals surface area contributed by atoms with E-state index in [4.69, 9.17) is 23.1 Å². The van der Waals surface area contributed by atoms with Crippen LogP contribution in [0.1, 0.15) is 39.0 Å². The number of anilines is 3. The molecule has 20 heavy (non-hydrogen) atoms. The number of halogens is 2. The maximum absolute atomic E-state index is 14.3. The average molecular weight is 300 g/mol. The molecule has 1 aliphatic rings. The molecule has 0 amide bonds. The first-order chi connectivity index (χ1) is 9.45. The second-order valence-corrected chi connectivity index (χ2v) is 6.10. The number of nitrogens with two attached hydrogens (primary N) is 2. The van der Waals surface area contributed by atoms with Gasteiger partial charge < -0.3 is 16.4 Å². The molecular weight excluding hydrogens is 277 g/mol. The van der Waals surface area contributed by atoms with Crippen molar-refractivity contribution in [3.8, 4) is 0 Å². The SMILES string of the molecule is CCC1CCC(N(C)c2c(N)cc(N)c(Cl)c2F)CC1. The lowest BCUT2D eigenvalue weighted by atomic mass is 9.84. The first-order valence-corrected chi connectivity index (χ1v) is 7.59. The van der Waals surface area contributed by atoms with E-state index in [0.29, 0.717) is 17.4 Å². The van der Waals surface area contributed by atoms with E-state index in [1.54, 1.807) is 0 Å². The van der Waals surface area contributed by atoms with Crippen LogP contribution in [-0.2, 0) is 0 Å². The van der Waals surface area contributed by atoms with Gasteiger partial charge in [-0.2, -0.15) is 0 Å². The van der Waals surface area contributed by atoms with E-state index in [-0.39, 0.29) is 10.7 Å². The highest BCUT2D eigenvalue weighted by molar-refractivity contribution is 6.33. The predicted molar refractivity (Wildman–Crippen MR) is 84.7 cm³/mol. The molecule has 0 atom stereocenters. The second kappa shape index (κ2) is 6.08. The van der Waals surface area contributed by atoms with Crippen LogP contribution < -0.4 is 16.4 Å². The summed E-state index contributed by atoms with van der Waals surface area (Å²) in [6.07, 6.45) is 5.73. The fraction of sp³-hybridized carbons (Fsp3) is 0.600. The summed E-state index contributed by atoms with van der Waals surface area (Å²) in [4.78, 5) is 1.93. The van der Waals surface area contributed by atoms with Crippen molar-refractivity contribution in [2.24, 2.45) is 5.92 Å². The number of rotatable bonds is 3. The van der Waals surface area contributed by atoms with Crippen molar-refractivity contribution < 1.29 is 4.39 Å². The topological polar surface area (TPSA) is 55.3 Å². The average Bonchev–Trinajstić information content (AvgIpc) is 2.45. The lowest BCUT2D eigenvalue weighted by Gasteiger charge is -2.36. The number of nitrogen functional groups attached to an aromatic ring is 2. The smallest absolute Gasteiger partial charge is 0.169 e. The standard InChI is InChI=1S/C15H23ClFN3/c1-3-9-4-6-10(7-5-9)20(2)15-12(19)8-11(18)13(16)14(15)17/h8-10H,3-7,18-19H2,1-2H3. The third-order valence-corrected chi connectivity index (χ3v) is 4.92. The van der Waals surface area contributed by atoms with Gasteiger partial charge in [0, 0.05) is 13.1 Å². The number of benzene rings is 1. The van der Waals surface area contributed by atoms with Gasteiger partial charge in [-0.1, -0.05) is 24.9 Å². The van der Waals surface area contributed by atoms with Crippen molar-refractivity contribution in [1.29, 1.82) is 0 Å². The summed E-state index contributed by atoms with van der Waals surface area (Å²) in [5, 5.41) is -0.0386. The molecule has 0 aromatic heterocycles. The quantitative estimate of drug-likeness (QED) is 0.828. The second-order valence-electron chi connectivity index (χ2n) is 5.73. The van der Waals surface area contributed by atoms with Crippen molar-refractivity contribution >= 4 is 28.7 Å². The highest BCUT2D eigenvalue weighted by Crippen LogP contribution is 2.39. The molecule has 0 spiro atoms. The molecule has 1 saturated carbocycles. The summed E-state index contributed by atoms with van der Waals surface area (Å²) >= 11 is 5.90. The molecule has 0 unspecified atom stereocenters. The van der Waals surface area contributed by atoms with Gasteiger partial charge in [0.15, 0.2) is 5.82 Å². The Morgan fingerprint density at radius 2 is 1.85 bits per heavy atom. The largest absolute Gasteiger partial charge is 0.397 e. The molecule has 0 bridgehead atoms. The van der Waals surface area contributed by atoms with E-state index in [1.165, 1.54) is 25.3 Å². The van der Waals surface area contributed by atoms with Crippen molar-refractivity contribution in [1.82, 2.24) is 0 Å². The molecule has 0 saturated heterocycles. The zero-order valence-electron chi connectivity index (χ0n) is 12.1. The number of nitrogens with zero attached hydrogens (tertiary/aromatic N) is 1. The molecule has 1 aromatic rings. The molecule has 1 aliphatic carbocycles. The Morgan fingerprint density at radius 1 is 1.25 bits per heavy atom. The molecule has 0 aliphatic heterocycles. The van der Waals surface area contributed by atoms with Crippen LogP contribution in [-0.4, -0.2) is 13.1 Å². The zero-order chi connectivity index (χ0) is 14.9. The lowest BCUT2D eigenvalue weighted by Crippen LogP contribution is -2.36. The molecule has 0 radical (unpaired) electrons. The first-order valence-electron chi connectivity index (χ1n) is 7.21. The highest BCUT2D eigenvalue weighted by Gasteiger charge is 2.27. The van der Waals surface area contributed by atoms with Crippen LogP contribution in [0.3, 0.4) is 0 Å². The molecular formula is C15H23ClFN3. The Balaban J connectivity index is 2.22. The molecule has 0 heterocycles. The Morgan fingerprint density at radius 3 is 2.40 bits per heavy atom. The highest BCUT2D eigenvalue weighted by atomic mass is 35.5. The van der Waals surface area contributed by atoms with Gasteiger partial charge in [0.25, 0.3) is 0 Å². The molecule has 112 valence electrons. The van der Waals surface area contributed by atoms with Crippen molar-refractivity contribution in [2.75, 3.05) is 23.4 Å². The predicted octanol–water partition coefficient (Wildman–Crippen LogP) is 4.05. The van der Waals surface area contributed by atoms with Crippen LogP contribution in [0.15, 0.2) is 6.07 Å². The van der Waals surface area contributed by atoms with Crippen molar-refractivity contribution in [3.05, 3.63) is 16.9 Å². The van der Waals surface area contributed by atoms with Crippen LogP contribution in [0.4, 0.5) is 21.5 Å². The Bertz CT molecular complexity index is 484. The summed E-state index contributed by atoms with van der Waals surface area (Å²) in [6, 6.07) is 1.85. The van der Waals surface area contributed by atoms with E-state index in [9.17, 15) is 4.39 Å². The van der Waals surface area contributed by atoms with Crippen LogP contribution in [0.2, 0.25) is 5.02 Å². The van der Waals surface area contributed by atoms with Crippen molar-refractivity contribution in [2.45, 2.75) is 45.1 Å². The summed E-state index contributed by atoms with van der Waals surface area (Å²) in [5.41, 5.74) is 12.5. The van der Waals surface area contributed by atoms with Gasteiger partial charge in [-0.25, -0.2) is 4.39 Å². The molecule has 3 nitrogen and oxygen atoms in total. The lowest BCUT2D eigenvalue weighted by molar-refractivity contribution is 0.313. The monoisotopic (exact) mass is 299 g/mol. The Hall–Kier alpha value is -1.16. The molecule has 1 aromatic carbocycles.